The summed E-state index contributed by atoms with van der Waals surface area (Å²) >= 11 is 0. The van der Waals surface area contributed by atoms with Crippen molar-refractivity contribution in [2.75, 3.05) is 9.91 Å². The second-order valence-corrected chi connectivity index (χ2v) is 8.21. The summed E-state index contributed by atoms with van der Waals surface area (Å²) in [7, 11) is 0. The van der Waals surface area contributed by atoms with Gasteiger partial charge in [0, 0.05) is 23.0 Å². The lowest BCUT2D eigenvalue weighted by molar-refractivity contribution is 0.442. The van der Waals surface area contributed by atoms with E-state index < -0.39 is 0 Å². The molecule has 0 aliphatic carbocycles. The van der Waals surface area contributed by atoms with Crippen molar-refractivity contribution < 1.29 is 4.42 Å². The van der Waals surface area contributed by atoms with Crippen LogP contribution in [0.2, 0.25) is 6.82 Å². The van der Waals surface area contributed by atoms with Crippen LogP contribution in [0.5, 0.6) is 0 Å². The lowest BCUT2D eigenvalue weighted by Gasteiger charge is -2.44. The second kappa shape index (κ2) is 6.67. The van der Waals surface area contributed by atoms with Crippen molar-refractivity contribution in [3.63, 3.8) is 0 Å². The topological polar surface area (TPSA) is 35.8 Å². The number of furan rings is 1. The number of rotatable bonds is 2. The number of hydrogen-bond acceptors (Lipinski definition) is 5. The zero-order chi connectivity index (χ0) is 21.1. The van der Waals surface area contributed by atoms with Gasteiger partial charge in [0.25, 0.3) is 0 Å². The Bertz CT molecular complexity index is 1320. The molecule has 0 spiro atoms. The predicted octanol–water partition coefficient (Wildman–Crippen LogP) is 5.25. The lowest BCUT2D eigenvalue weighted by Crippen LogP contribution is -2.59. The summed E-state index contributed by atoms with van der Waals surface area (Å²) in [5.74, 6) is 1.93. The van der Waals surface area contributed by atoms with Crippen LogP contribution >= 0.6 is 0 Å². The third-order valence-corrected chi connectivity index (χ3v) is 6.38. The summed E-state index contributed by atoms with van der Waals surface area (Å²) in [4.78, 5) is 9.46. The Kier molecular flexibility index (Phi) is 3.90. The van der Waals surface area contributed by atoms with E-state index in [1.807, 2.05) is 30.5 Å². The molecule has 1 atom stereocenters. The number of fused-ring (bicyclic) bond motifs is 4. The minimum absolute atomic E-state index is 0.0674. The van der Waals surface area contributed by atoms with E-state index in [9.17, 15) is 0 Å². The molecule has 0 radical (unpaired) electrons. The quantitative estimate of drug-likeness (QED) is 0.425. The highest BCUT2D eigenvalue weighted by molar-refractivity contribution is 6.73. The lowest BCUT2D eigenvalue weighted by atomic mass is 9.54. The SMILES string of the molecule is CB1c2c(oc3ccccc23)C=C(C)N1N1c2cccnc2N(c2ccccc2)[C@@H]1C. The first-order valence-electron chi connectivity index (χ1n) is 10.7. The van der Waals surface area contributed by atoms with Gasteiger partial charge in [-0.3, -0.25) is 5.01 Å². The maximum absolute atomic E-state index is 6.18. The van der Waals surface area contributed by atoms with Gasteiger partial charge in [-0.2, -0.15) is 0 Å². The molecule has 0 fully saturated rings. The predicted molar refractivity (Wildman–Crippen MR) is 128 cm³/mol. The molecule has 4 heterocycles. The highest BCUT2D eigenvalue weighted by Crippen LogP contribution is 2.44. The molecule has 6 heteroatoms. The Morgan fingerprint density at radius 3 is 2.58 bits per heavy atom. The molecule has 31 heavy (non-hydrogen) atoms. The van der Waals surface area contributed by atoms with Crippen LogP contribution in [0.25, 0.3) is 17.0 Å². The third-order valence-electron chi connectivity index (χ3n) is 6.38. The third kappa shape index (κ3) is 2.54. The minimum Gasteiger partial charge on any atom is -0.457 e. The summed E-state index contributed by atoms with van der Waals surface area (Å²) in [6, 6.07) is 23.0. The molecule has 0 N–H and O–H groups in total. The number of allylic oxidation sites excluding steroid dienone is 1. The highest BCUT2D eigenvalue weighted by Gasteiger charge is 2.43. The van der Waals surface area contributed by atoms with E-state index >= 15 is 0 Å². The van der Waals surface area contributed by atoms with E-state index in [0.29, 0.717) is 0 Å². The van der Waals surface area contributed by atoms with Crippen LogP contribution in [0.4, 0.5) is 17.2 Å². The van der Waals surface area contributed by atoms with Crippen LogP contribution in [-0.4, -0.2) is 22.9 Å². The highest BCUT2D eigenvalue weighted by atomic mass is 16.3. The number of hydrazine groups is 1. The average molecular weight is 406 g/mol. The fourth-order valence-corrected chi connectivity index (χ4v) is 5.13. The Balaban J connectivity index is 1.50. The van der Waals surface area contributed by atoms with Gasteiger partial charge in [-0.1, -0.05) is 43.2 Å². The van der Waals surface area contributed by atoms with E-state index in [-0.39, 0.29) is 13.0 Å². The minimum atomic E-state index is 0.0674. The smallest absolute Gasteiger partial charge is 0.315 e. The fourth-order valence-electron chi connectivity index (χ4n) is 5.13. The van der Waals surface area contributed by atoms with Gasteiger partial charge < -0.3 is 14.2 Å². The molecule has 0 amide bonds. The molecule has 2 aromatic heterocycles. The molecule has 152 valence electrons. The van der Waals surface area contributed by atoms with Crippen LogP contribution in [-0.2, 0) is 0 Å². The maximum Gasteiger partial charge on any atom is 0.315 e. The van der Waals surface area contributed by atoms with Gasteiger partial charge in [-0.15, -0.1) is 0 Å². The maximum atomic E-state index is 6.18. The molecular weight excluding hydrogens is 383 g/mol. The molecule has 6 rings (SSSR count). The number of pyridine rings is 1. The van der Waals surface area contributed by atoms with Gasteiger partial charge >= 0.3 is 6.85 Å². The van der Waals surface area contributed by atoms with E-state index in [2.05, 4.69) is 84.0 Å². The van der Waals surface area contributed by atoms with Gasteiger partial charge in [-0.25, -0.2) is 4.98 Å². The van der Waals surface area contributed by atoms with Crippen molar-refractivity contribution in [3.05, 3.63) is 84.4 Å². The molecule has 2 aromatic carbocycles. The summed E-state index contributed by atoms with van der Waals surface area (Å²) in [6.45, 7) is 6.76. The van der Waals surface area contributed by atoms with Crippen LogP contribution in [0.3, 0.4) is 0 Å². The molecule has 4 aromatic rings. The van der Waals surface area contributed by atoms with Crippen LogP contribution in [0.15, 0.2) is 83.0 Å². The molecule has 5 nitrogen and oxygen atoms in total. The van der Waals surface area contributed by atoms with Crippen LogP contribution in [0, 0.1) is 0 Å². The Labute approximate surface area is 182 Å². The number of anilines is 3. The summed E-state index contributed by atoms with van der Waals surface area (Å²) in [6.07, 6.45) is 4.09. The van der Waals surface area contributed by atoms with Crippen LogP contribution in [0.1, 0.15) is 19.6 Å². The van der Waals surface area contributed by atoms with Crippen molar-refractivity contribution >= 4 is 46.5 Å². The zero-order valence-electron chi connectivity index (χ0n) is 17.9. The van der Waals surface area contributed by atoms with Gasteiger partial charge in [-0.05, 0) is 55.7 Å². The van der Waals surface area contributed by atoms with Crippen LogP contribution < -0.4 is 15.4 Å². The Morgan fingerprint density at radius 1 is 0.968 bits per heavy atom. The monoisotopic (exact) mass is 406 g/mol. The van der Waals surface area contributed by atoms with Crippen molar-refractivity contribution in [3.8, 4) is 0 Å². The number of para-hydroxylation sites is 2. The first-order valence-corrected chi connectivity index (χ1v) is 10.7. The average Bonchev–Trinajstić information content (AvgIpc) is 3.29. The molecule has 0 bridgehead atoms. The van der Waals surface area contributed by atoms with Gasteiger partial charge in [0.05, 0.1) is 0 Å². The number of hydrogen-bond donors (Lipinski definition) is 0. The molecule has 0 saturated carbocycles. The number of benzene rings is 2. The van der Waals surface area contributed by atoms with Crippen molar-refractivity contribution in [1.29, 1.82) is 0 Å². The molecular formula is C25H23BN4O. The standard InChI is InChI=1S/C25H23BN4O/c1-17-16-23-24(20-12-7-8-14-22(20)31-23)26(3)30(17)29-18(2)28(19-10-5-4-6-11-19)25-21(29)13-9-15-27-25/h4-16,18H,1-3H3/t18-/m0/s1. The Morgan fingerprint density at radius 2 is 1.74 bits per heavy atom. The van der Waals surface area contributed by atoms with Gasteiger partial charge in [0.1, 0.15) is 23.2 Å². The second-order valence-electron chi connectivity index (χ2n) is 8.21. The fraction of sp³-hybridized carbons (Fsp3) is 0.160. The first-order chi connectivity index (χ1) is 15.1. The number of nitrogens with zero attached hydrogens (tertiary/aromatic N) is 4. The first kappa shape index (κ1) is 18.1. The Hall–Kier alpha value is -3.67. The van der Waals surface area contributed by atoms with E-state index in [0.717, 1.165) is 34.2 Å². The molecule has 0 unspecified atom stereocenters. The molecule has 0 saturated heterocycles. The van der Waals surface area contributed by atoms with E-state index in [1.54, 1.807) is 0 Å². The van der Waals surface area contributed by atoms with Crippen molar-refractivity contribution in [2.24, 2.45) is 0 Å². The van der Waals surface area contributed by atoms with E-state index in [4.69, 9.17) is 9.40 Å². The van der Waals surface area contributed by atoms with Crippen molar-refractivity contribution in [2.45, 2.75) is 26.8 Å². The largest absolute Gasteiger partial charge is 0.457 e. The molecule has 2 aliphatic rings. The molecule has 2 aliphatic heterocycles. The summed E-state index contributed by atoms with van der Waals surface area (Å²) in [5.41, 5.74) is 5.56. The van der Waals surface area contributed by atoms with Gasteiger partial charge in [0.15, 0.2) is 5.82 Å². The van der Waals surface area contributed by atoms with Gasteiger partial charge in [0.2, 0.25) is 0 Å². The normalized spacial score (nSPS) is 17.8. The van der Waals surface area contributed by atoms with Crippen molar-refractivity contribution in [1.82, 2.24) is 9.90 Å². The number of aromatic nitrogens is 1. The summed E-state index contributed by atoms with van der Waals surface area (Å²) < 4.78 is 6.18. The summed E-state index contributed by atoms with van der Waals surface area (Å²) in [5, 5.41) is 3.55. The van der Waals surface area contributed by atoms with E-state index in [1.165, 1.54) is 10.8 Å². The zero-order valence-corrected chi connectivity index (χ0v) is 17.9.